The molecule has 0 bridgehead atoms. The maximum atomic E-state index is 8.64. The zero-order chi connectivity index (χ0) is 15.2. The van der Waals surface area contributed by atoms with E-state index in [-0.39, 0.29) is 0 Å². The first kappa shape index (κ1) is 17.8. The smallest absolute Gasteiger partial charge is 0.0669 e. The fourth-order valence-electron chi connectivity index (χ4n) is 2.73. The molecule has 0 saturated heterocycles. The molecule has 0 N–H and O–H groups in total. The minimum Gasteiger partial charge on any atom is -0.198 e. The molecule has 0 spiro atoms. The minimum absolute atomic E-state index is 0.526. The van der Waals surface area contributed by atoms with Gasteiger partial charge in [0.15, 0.2) is 0 Å². The Kier molecular flexibility index (Phi) is 10.5. The molecule has 0 aromatic heterocycles. The van der Waals surface area contributed by atoms with E-state index in [1.54, 1.807) is 0 Å². The first-order valence-electron chi connectivity index (χ1n) is 8.81. The van der Waals surface area contributed by atoms with Gasteiger partial charge in [-0.15, -0.1) is 0 Å². The molecule has 1 aromatic rings. The summed E-state index contributed by atoms with van der Waals surface area (Å²) in [6.07, 6.45) is 15.6. The summed E-state index contributed by atoms with van der Waals surface area (Å²) in [5.41, 5.74) is 2.54. The Labute approximate surface area is 131 Å². The summed E-state index contributed by atoms with van der Waals surface area (Å²) in [5.74, 6) is 0. The number of hydrogen-bond donors (Lipinski definition) is 0. The van der Waals surface area contributed by atoms with Gasteiger partial charge >= 0.3 is 0 Å². The standard InChI is InChI=1S/C20H31N/c1-2-3-4-5-6-7-8-9-10-11-12-19-13-15-20(16-14-19)17-18-21/h13-16H,2-12,17H2,1H3. The normalized spacial score (nSPS) is 10.5. The van der Waals surface area contributed by atoms with Crippen molar-refractivity contribution in [1.82, 2.24) is 0 Å². The number of nitriles is 1. The summed E-state index contributed by atoms with van der Waals surface area (Å²) in [4.78, 5) is 0. The number of rotatable bonds is 12. The SMILES string of the molecule is CCCCCCCCCCCCc1ccc(CC#N)cc1. The number of hydrogen-bond acceptors (Lipinski definition) is 1. The summed E-state index contributed by atoms with van der Waals surface area (Å²) in [6, 6.07) is 10.7. The molecular formula is C20H31N. The monoisotopic (exact) mass is 285 g/mol. The second kappa shape index (κ2) is 12.5. The zero-order valence-electron chi connectivity index (χ0n) is 13.7. The van der Waals surface area contributed by atoms with Crippen LogP contribution in [-0.2, 0) is 12.8 Å². The summed E-state index contributed by atoms with van der Waals surface area (Å²) in [6.45, 7) is 2.27. The Bertz CT molecular complexity index is 385. The molecule has 1 nitrogen and oxygen atoms in total. The maximum absolute atomic E-state index is 8.64. The van der Waals surface area contributed by atoms with Crippen molar-refractivity contribution in [2.45, 2.75) is 84.0 Å². The lowest BCUT2D eigenvalue weighted by atomic mass is 10.0. The number of benzene rings is 1. The van der Waals surface area contributed by atoms with Crippen molar-refractivity contribution in [2.24, 2.45) is 0 Å². The second-order valence-electron chi connectivity index (χ2n) is 6.08. The predicted octanol–water partition coefficient (Wildman–Crippen LogP) is 6.22. The van der Waals surface area contributed by atoms with Gasteiger partial charge in [0, 0.05) is 0 Å². The lowest BCUT2D eigenvalue weighted by molar-refractivity contribution is 0.556. The van der Waals surface area contributed by atoms with E-state index in [4.69, 9.17) is 5.26 Å². The van der Waals surface area contributed by atoms with Crippen molar-refractivity contribution in [3.05, 3.63) is 35.4 Å². The summed E-state index contributed by atoms with van der Waals surface area (Å²) < 4.78 is 0. The van der Waals surface area contributed by atoms with Gasteiger partial charge in [0.05, 0.1) is 12.5 Å². The van der Waals surface area contributed by atoms with Crippen LogP contribution in [0.2, 0.25) is 0 Å². The van der Waals surface area contributed by atoms with Crippen LogP contribution in [0.1, 0.15) is 82.3 Å². The van der Waals surface area contributed by atoms with Crippen molar-refractivity contribution in [2.75, 3.05) is 0 Å². The van der Waals surface area contributed by atoms with Crippen LogP contribution in [0.15, 0.2) is 24.3 Å². The molecule has 0 aliphatic rings. The van der Waals surface area contributed by atoms with E-state index >= 15 is 0 Å². The first-order valence-corrected chi connectivity index (χ1v) is 8.81. The molecule has 21 heavy (non-hydrogen) atoms. The van der Waals surface area contributed by atoms with Gasteiger partial charge in [-0.25, -0.2) is 0 Å². The van der Waals surface area contributed by atoms with Crippen molar-refractivity contribution in [1.29, 1.82) is 5.26 Å². The Balaban J connectivity index is 1.95. The van der Waals surface area contributed by atoms with E-state index in [0.717, 1.165) is 5.56 Å². The molecule has 0 aliphatic heterocycles. The van der Waals surface area contributed by atoms with Gasteiger partial charge in [0.1, 0.15) is 0 Å². The molecule has 0 aliphatic carbocycles. The molecule has 1 rings (SSSR count). The molecule has 1 heteroatoms. The van der Waals surface area contributed by atoms with Crippen molar-refractivity contribution in [3.63, 3.8) is 0 Å². The van der Waals surface area contributed by atoms with E-state index in [1.165, 1.54) is 76.2 Å². The molecular weight excluding hydrogens is 254 g/mol. The van der Waals surface area contributed by atoms with Gasteiger partial charge in [-0.1, -0.05) is 89.0 Å². The lowest BCUT2D eigenvalue weighted by Crippen LogP contribution is -1.88. The fourth-order valence-corrected chi connectivity index (χ4v) is 2.73. The van der Waals surface area contributed by atoms with E-state index in [1.807, 2.05) is 0 Å². The van der Waals surface area contributed by atoms with Crippen LogP contribution in [0.4, 0.5) is 0 Å². The Morgan fingerprint density at radius 3 is 1.71 bits per heavy atom. The fraction of sp³-hybridized carbons (Fsp3) is 0.650. The van der Waals surface area contributed by atoms with Crippen molar-refractivity contribution >= 4 is 0 Å². The summed E-state index contributed by atoms with van der Waals surface area (Å²) in [7, 11) is 0. The Morgan fingerprint density at radius 1 is 0.714 bits per heavy atom. The molecule has 0 unspecified atom stereocenters. The number of aryl methyl sites for hydroxylation is 1. The molecule has 0 heterocycles. The highest BCUT2D eigenvalue weighted by molar-refractivity contribution is 5.24. The Hall–Kier alpha value is -1.29. The van der Waals surface area contributed by atoms with Gasteiger partial charge in [-0.05, 0) is 24.0 Å². The van der Waals surface area contributed by atoms with Crippen LogP contribution in [-0.4, -0.2) is 0 Å². The van der Waals surface area contributed by atoms with Gasteiger partial charge in [0.2, 0.25) is 0 Å². The molecule has 0 atom stereocenters. The third kappa shape index (κ3) is 9.29. The van der Waals surface area contributed by atoms with E-state index in [2.05, 4.69) is 37.3 Å². The first-order chi connectivity index (χ1) is 10.4. The minimum atomic E-state index is 0.526. The van der Waals surface area contributed by atoms with Gasteiger partial charge in [-0.2, -0.15) is 5.26 Å². The summed E-state index contributed by atoms with van der Waals surface area (Å²) in [5, 5.41) is 8.64. The molecule has 0 radical (unpaired) electrons. The van der Waals surface area contributed by atoms with Crippen LogP contribution < -0.4 is 0 Å². The number of nitrogens with zero attached hydrogens (tertiary/aromatic N) is 1. The maximum Gasteiger partial charge on any atom is 0.0669 e. The summed E-state index contributed by atoms with van der Waals surface area (Å²) >= 11 is 0. The van der Waals surface area contributed by atoms with Crippen LogP contribution >= 0.6 is 0 Å². The highest BCUT2D eigenvalue weighted by atomic mass is 14.2. The van der Waals surface area contributed by atoms with Crippen LogP contribution in [0.3, 0.4) is 0 Å². The molecule has 0 fully saturated rings. The van der Waals surface area contributed by atoms with E-state index in [9.17, 15) is 0 Å². The third-order valence-electron chi connectivity index (χ3n) is 4.13. The van der Waals surface area contributed by atoms with Crippen LogP contribution in [0, 0.1) is 11.3 Å². The average molecular weight is 285 g/mol. The van der Waals surface area contributed by atoms with Crippen molar-refractivity contribution in [3.8, 4) is 6.07 Å². The third-order valence-corrected chi connectivity index (χ3v) is 4.13. The highest BCUT2D eigenvalue weighted by Gasteiger charge is 1.96. The van der Waals surface area contributed by atoms with Crippen LogP contribution in [0.5, 0.6) is 0 Å². The van der Waals surface area contributed by atoms with Gasteiger partial charge in [-0.3, -0.25) is 0 Å². The zero-order valence-corrected chi connectivity index (χ0v) is 13.7. The molecule has 116 valence electrons. The lowest BCUT2D eigenvalue weighted by Gasteiger charge is -2.04. The van der Waals surface area contributed by atoms with Crippen LogP contribution in [0.25, 0.3) is 0 Å². The molecule has 0 amide bonds. The van der Waals surface area contributed by atoms with E-state index in [0.29, 0.717) is 6.42 Å². The molecule has 0 saturated carbocycles. The Morgan fingerprint density at radius 2 is 1.19 bits per heavy atom. The average Bonchev–Trinajstić information content (AvgIpc) is 2.51. The van der Waals surface area contributed by atoms with Crippen molar-refractivity contribution < 1.29 is 0 Å². The topological polar surface area (TPSA) is 23.8 Å². The number of unbranched alkanes of at least 4 members (excludes halogenated alkanes) is 9. The quantitative estimate of drug-likeness (QED) is 0.418. The highest BCUT2D eigenvalue weighted by Crippen LogP contribution is 2.13. The van der Waals surface area contributed by atoms with Gasteiger partial charge in [0.25, 0.3) is 0 Å². The van der Waals surface area contributed by atoms with Gasteiger partial charge < -0.3 is 0 Å². The second-order valence-corrected chi connectivity index (χ2v) is 6.08. The predicted molar refractivity (Wildman–Crippen MR) is 91.3 cm³/mol. The molecule has 1 aromatic carbocycles. The van der Waals surface area contributed by atoms with E-state index < -0.39 is 0 Å². The largest absolute Gasteiger partial charge is 0.198 e.